The summed E-state index contributed by atoms with van der Waals surface area (Å²) in [7, 11) is 1.81. The average Bonchev–Trinajstić information content (AvgIpc) is 3.47. The first kappa shape index (κ1) is 24.4. The molecule has 0 bridgehead atoms. The Hall–Kier alpha value is -0.610. The van der Waals surface area contributed by atoms with Gasteiger partial charge in [0.05, 0.1) is 0 Å². The summed E-state index contributed by atoms with van der Waals surface area (Å²) in [6.45, 7) is 6.66. The van der Waals surface area contributed by atoms with Crippen LogP contribution in [0.2, 0.25) is 0 Å². The molecule has 0 radical (unpaired) electrons. The van der Waals surface area contributed by atoms with Gasteiger partial charge < -0.3 is 26.0 Å². The van der Waals surface area contributed by atoms with Gasteiger partial charge in [-0.2, -0.15) is 0 Å². The molecule has 0 aromatic rings. The Bertz CT molecular complexity index is 438. The highest BCUT2D eigenvalue weighted by Crippen LogP contribution is 2.28. The fourth-order valence-corrected chi connectivity index (χ4v) is 3.24. The van der Waals surface area contributed by atoms with Gasteiger partial charge in [0.1, 0.15) is 0 Å². The van der Waals surface area contributed by atoms with E-state index < -0.39 is 0 Å². The van der Waals surface area contributed by atoms with Crippen LogP contribution in [0.3, 0.4) is 0 Å². The summed E-state index contributed by atoms with van der Waals surface area (Å²) in [5.74, 6) is 1.66. The monoisotopic (exact) mass is 495 g/mol. The first-order valence-electron chi connectivity index (χ1n) is 10.2. The third-order valence-electron chi connectivity index (χ3n) is 5.22. The molecule has 0 aromatic carbocycles. The van der Waals surface area contributed by atoms with Crippen LogP contribution < -0.4 is 16.4 Å². The summed E-state index contributed by atoms with van der Waals surface area (Å²) in [5.41, 5.74) is 5.38. The molecule has 1 saturated heterocycles. The van der Waals surface area contributed by atoms with Crippen molar-refractivity contribution in [2.45, 2.75) is 44.9 Å². The molecule has 1 amide bonds. The van der Waals surface area contributed by atoms with Crippen molar-refractivity contribution >= 4 is 35.8 Å². The van der Waals surface area contributed by atoms with E-state index in [0.29, 0.717) is 0 Å². The van der Waals surface area contributed by atoms with Gasteiger partial charge in [0.15, 0.2) is 5.96 Å². The lowest BCUT2D eigenvalue weighted by molar-refractivity contribution is -0.123. The number of hydrogen-bond donors (Lipinski definition) is 3. The average molecular weight is 495 g/mol. The molecule has 158 valence electrons. The predicted octanol–water partition coefficient (Wildman–Crippen LogP) is 1.56. The standard InChI is InChI=1S/C19H37N5O2.HI/c1-21-19(23-10-4-14-26-15-16-5-6-16)22-9-2-3-11-24-12-7-17(8-13-24)18(20)25;/h16-17H,2-15H2,1H3,(H2,20,25)(H2,21,22,23);1H. The lowest BCUT2D eigenvalue weighted by atomic mass is 9.96. The molecule has 2 rings (SSSR count). The summed E-state index contributed by atoms with van der Waals surface area (Å²) in [6.07, 6.45) is 7.79. The second-order valence-electron chi connectivity index (χ2n) is 7.52. The number of unbranched alkanes of at least 4 members (excludes halogenated alkanes) is 1. The molecule has 27 heavy (non-hydrogen) atoms. The number of hydrogen-bond acceptors (Lipinski definition) is 4. The minimum absolute atomic E-state index is 0. The molecule has 0 spiro atoms. The van der Waals surface area contributed by atoms with Crippen molar-refractivity contribution in [1.82, 2.24) is 15.5 Å². The molecule has 1 aliphatic carbocycles. The number of rotatable bonds is 12. The number of piperidine rings is 1. The van der Waals surface area contributed by atoms with E-state index in [1.165, 1.54) is 12.8 Å². The zero-order valence-electron chi connectivity index (χ0n) is 16.8. The van der Waals surface area contributed by atoms with Crippen molar-refractivity contribution in [3.05, 3.63) is 0 Å². The number of ether oxygens (including phenoxy) is 1. The maximum absolute atomic E-state index is 11.2. The fraction of sp³-hybridized carbons (Fsp3) is 0.895. The van der Waals surface area contributed by atoms with Crippen molar-refractivity contribution in [2.75, 3.05) is 53.0 Å². The molecule has 1 heterocycles. The van der Waals surface area contributed by atoms with Gasteiger partial charge in [0.25, 0.3) is 0 Å². The normalized spacial score (nSPS) is 18.8. The molecule has 2 fully saturated rings. The van der Waals surface area contributed by atoms with E-state index in [1.54, 1.807) is 0 Å². The number of aliphatic imine (C=N–C) groups is 1. The first-order chi connectivity index (χ1) is 12.7. The van der Waals surface area contributed by atoms with Crippen molar-refractivity contribution in [3.63, 3.8) is 0 Å². The Balaban J connectivity index is 0.00000364. The summed E-state index contributed by atoms with van der Waals surface area (Å²) in [5, 5.41) is 6.70. The van der Waals surface area contributed by atoms with Crippen LogP contribution in [0.4, 0.5) is 0 Å². The van der Waals surface area contributed by atoms with Crippen LogP contribution in [0.15, 0.2) is 4.99 Å². The summed E-state index contributed by atoms with van der Waals surface area (Å²) >= 11 is 0. The van der Waals surface area contributed by atoms with Gasteiger partial charge in [-0.05, 0) is 70.5 Å². The maximum Gasteiger partial charge on any atom is 0.220 e. The van der Waals surface area contributed by atoms with Gasteiger partial charge in [-0.15, -0.1) is 24.0 Å². The number of nitrogens with one attached hydrogen (secondary N) is 2. The molecule has 2 aliphatic rings. The lowest BCUT2D eigenvalue weighted by Gasteiger charge is -2.30. The third-order valence-corrected chi connectivity index (χ3v) is 5.22. The van der Waals surface area contributed by atoms with Crippen molar-refractivity contribution in [2.24, 2.45) is 22.6 Å². The second kappa shape index (κ2) is 14.4. The lowest BCUT2D eigenvalue weighted by Crippen LogP contribution is -2.40. The van der Waals surface area contributed by atoms with Crippen LogP contribution in [0.25, 0.3) is 0 Å². The topological polar surface area (TPSA) is 92.0 Å². The van der Waals surface area contributed by atoms with Crippen LogP contribution in [-0.4, -0.2) is 69.8 Å². The van der Waals surface area contributed by atoms with Gasteiger partial charge in [-0.25, -0.2) is 0 Å². The number of carbonyl (C=O) groups excluding carboxylic acids is 1. The van der Waals surface area contributed by atoms with E-state index >= 15 is 0 Å². The van der Waals surface area contributed by atoms with Crippen LogP contribution >= 0.6 is 24.0 Å². The van der Waals surface area contributed by atoms with E-state index in [4.69, 9.17) is 10.5 Å². The molecule has 0 unspecified atom stereocenters. The molecule has 4 N–H and O–H groups in total. The number of nitrogens with two attached hydrogens (primary N) is 1. The smallest absolute Gasteiger partial charge is 0.220 e. The number of primary amides is 1. The largest absolute Gasteiger partial charge is 0.381 e. The molecular weight excluding hydrogens is 457 g/mol. The zero-order chi connectivity index (χ0) is 18.6. The number of carbonyl (C=O) groups is 1. The number of halogens is 1. The Morgan fingerprint density at radius 3 is 2.37 bits per heavy atom. The Labute approximate surface area is 181 Å². The zero-order valence-corrected chi connectivity index (χ0v) is 19.1. The van der Waals surface area contributed by atoms with Crippen molar-refractivity contribution in [1.29, 1.82) is 0 Å². The van der Waals surface area contributed by atoms with E-state index in [-0.39, 0.29) is 35.8 Å². The first-order valence-corrected chi connectivity index (χ1v) is 10.2. The summed E-state index contributed by atoms with van der Waals surface area (Å²) in [6, 6.07) is 0. The summed E-state index contributed by atoms with van der Waals surface area (Å²) in [4.78, 5) is 17.9. The van der Waals surface area contributed by atoms with Gasteiger partial charge >= 0.3 is 0 Å². The minimum Gasteiger partial charge on any atom is -0.381 e. The number of likely N-dealkylation sites (tertiary alicyclic amines) is 1. The number of amides is 1. The van der Waals surface area contributed by atoms with Crippen LogP contribution in [-0.2, 0) is 9.53 Å². The van der Waals surface area contributed by atoms with Gasteiger partial charge in [-0.3, -0.25) is 9.79 Å². The Kier molecular flexibility index (Phi) is 13.0. The van der Waals surface area contributed by atoms with Gasteiger partial charge in [0, 0.05) is 39.3 Å². The third kappa shape index (κ3) is 11.1. The quantitative estimate of drug-likeness (QED) is 0.166. The van der Waals surface area contributed by atoms with E-state index in [9.17, 15) is 4.79 Å². The molecule has 1 saturated carbocycles. The van der Waals surface area contributed by atoms with Gasteiger partial charge in [0.2, 0.25) is 5.91 Å². The van der Waals surface area contributed by atoms with E-state index in [2.05, 4.69) is 20.5 Å². The molecule has 1 aliphatic heterocycles. The maximum atomic E-state index is 11.2. The summed E-state index contributed by atoms with van der Waals surface area (Å²) < 4.78 is 5.63. The SMILES string of the molecule is CN=C(NCCCCN1CCC(C(N)=O)CC1)NCCCOCC1CC1.I. The second-order valence-corrected chi connectivity index (χ2v) is 7.52. The van der Waals surface area contributed by atoms with Crippen LogP contribution in [0.1, 0.15) is 44.9 Å². The molecule has 7 nitrogen and oxygen atoms in total. The Morgan fingerprint density at radius 2 is 1.78 bits per heavy atom. The highest BCUT2D eigenvalue weighted by Gasteiger charge is 2.22. The van der Waals surface area contributed by atoms with Crippen molar-refractivity contribution < 1.29 is 9.53 Å². The van der Waals surface area contributed by atoms with Crippen LogP contribution in [0, 0.1) is 11.8 Å². The number of nitrogens with zero attached hydrogens (tertiary/aromatic N) is 2. The molecule has 8 heteroatoms. The molecule has 0 atom stereocenters. The van der Waals surface area contributed by atoms with E-state index in [1.807, 2.05) is 7.05 Å². The molecular formula is C19H38IN5O2. The van der Waals surface area contributed by atoms with Crippen molar-refractivity contribution in [3.8, 4) is 0 Å². The fourth-order valence-electron chi connectivity index (χ4n) is 3.24. The highest BCUT2D eigenvalue weighted by molar-refractivity contribution is 14.0. The van der Waals surface area contributed by atoms with Crippen LogP contribution in [0.5, 0.6) is 0 Å². The minimum atomic E-state index is -0.137. The Morgan fingerprint density at radius 1 is 1.11 bits per heavy atom. The highest BCUT2D eigenvalue weighted by atomic mass is 127. The van der Waals surface area contributed by atoms with E-state index in [0.717, 1.165) is 89.9 Å². The number of guanidine groups is 1. The molecule has 0 aromatic heterocycles. The predicted molar refractivity (Wildman–Crippen MR) is 121 cm³/mol. The van der Waals surface area contributed by atoms with Gasteiger partial charge in [-0.1, -0.05) is 0 Å².